The Kier molecular flexibility index (Phi) is 6.54. The van der Waals surface area contributed by atoms with Crippen LogP contribution in [0.2, 0.25) is 0 Å². The number of aliphatic hydroxyl groups excluding tert-OH is 1. The second-order valence-electron chi connectivity index (χ2n) is 7.79. The molecule has 0 fully saturated rings. The Morgan fingerprint density at radius 1 is 0.853 bits per heavy atom. The summed E-state index contributed by atoms with van der Waals surface area (Å²) in [6.07, 6.45) is 0. The minimum absolute atomic E-state index is 0.274. The molecule has 1 atom stereocenters. The topological polar surface area (TPSA) is 85.3 Å². The fourth-order valence-electron chi connectivity index (χ4n) is 4.08. The van der Waals surface area contributed by atoms with E-state index >= 15 is 0 Å². The van der Waals surface area contributed by atoms with Crippen molar-refractivity contribution in [1.29, 1.82) is 0 Å². The van der Waals surface area contributed by atoms with Gasteiger partial charge >= 0.3 is 5.97 Å². The highest BCUT2D eigenvalue weighted by Gasteiger charge is 2.41. The number of esters is 1. The molecule has 3 aromatic rings. The van der Waals surface area contributed by atoms with Crippen LogP contribution >= 0.6 is 0 Å². The van der Waals surface area contributed by atoms with Gasteiger partial charge in [-0.3, -0.25) is 4.79 Å². The Bertz CT molecular complexity index is 1210. The summed E-state index contributed by atoms with van der Waals surface area (Å²) in [5.74, 6) is 0.163. The van der Waals surface area contributed by atoms with Gasteiger partial charge in [0.15, 0.2) is 5.76 Å². The molecule has 3 aromatic carbocycles. The predicted octanol–water partition coefficient (Wildman–Crippen LogP) is 4.54. The Morgan fingerprint density at radius 2 is 1.41 bits per heavy atom. The lowest BCUT2D eigenvalue weighted by Gasteiger charge is -2.27. The fraction of sp³-hybridized carbons (Fsp3) is 0.185. The van der Waals surface area contributed by atoms with Crippen LogP contribution in [-0.2, 0) is 16.1 Å². The maximum atomic E-state index is 13.2. The highest BCUT2D eigenvalue weighted by Crippen LogP contribution is 2.44. The summed E-state index contributed by atoms with van der Waals surface area (Å²) in [5, 5.41) is 10.9. The second-order valence-corrected chi connectivity index (χ2v) is 7.79. The molecule has 0 saturated heterocycles. The molecular formula is C27H25NO6. The van der Waals surface area contributed by atoms with Crippen molar-refractivity contribution in [3.05, 3.63) is 101 Å². The summed E-state index contributed by atoms with van der Waals surface area (Å²) in [6.45, 7) is 0.274. The lowest BCUT2D eigenvalue weighted by Crippen LogP contribution is -2.29. The van der Waals surface area contributed by atoms with Gasteiger partial charge in [0.2, 0.25) is 0 Å². The molecule has 174 valence electrons. The highest BCUT2D eigenvalue weighted by atomic mass is 16.5. The van der Waals surface area contributed by atoms with Crippen molar-refractivity contribution < 1.29 is 28.9 Å². The Labute approximate surface area is 197 Å². The molecular weight excluding hydrogens is 434 g/mol. The molecule has 0 radical (unpaired) electrons. The number of rotatable bonds is 7. The molecule has 0 unspecified atom stereocenters. The van der Waals surface area contributed by atoms with E-state index in [1.165, 1.54) is 7.11 Å². The number of ether oxygens (including phenoxy) is 3. The van der Waals surface area contributed by atoms with E-state index in [9.17, 15) is 14.7 Å². The summed E-state index contributed by atoms with van der Waals surface area (Å²) in [7, 11) is 4.49. The maximum Gasteiger partial charge on any atom is 0.337 e. The van der Waals surface area contributed by atoms with E-state index in [0.717, 1.165) is 11.1 Å². The van der Waals surface area contributed by atoms with Gasteiger partial charge in [0.05, 0.1) is 32.9 Å². The molecule has 0 bridgehead atoms. The third-order valence-corrected chi connectivity index (χ3v) is 5.86. The van der Waals surface area contributed by atoms with Gasteiger partial charge in [0, 0.05) is 12.1 Å². The normalized spacial score (nSPS) is 15.4. The molecule has 4 rings (SSSR count). The molecule has 1 amide bonds. The zero-order valence-corrected chi connectivity index (χ0v) is 19.1. The number of carbonyl (C=O) groups is 2. The second kappa shape index (κ2) is 9.70. The SMILES string of the molecule is COC(=O)c1ccc([C@H]2C(c3ccc(OC)cc3)=C(O)C(=O)N2Cc2ccc(OC)cc2)cc1. The van der Waals surface area contributed by atoms with Gasteiger partial charge in [-0.15, -0.1) is 0 Å². The average molecular weight is 459 g/mol. The van der Waals surface area contributed by atoms with Crippen LogP contribution in [0.5, 0.6) is 11.5 Å². The van der Waals surface area contributed by atoms with E-state index in [4.69, 9.17) is 14.2 Å². The van der Waals surface area contributed by atoms with Crippen molar-refractivity contribution in [2.24, 2.45) is 0 Å². The van der Waals surface area contributed by atoms with E-state index in [1.54, 1.807) is 55.5 Å². The molecule has 0 saturated carbocycles. The molecule has 1 aliphatic rings. The molecule has 1 heterocycles. The predicted molar refractivity (Wildman–Crippen MR) is 127 cm³/mol. The van der Waals surface area contributed by atoms with Crippen molar-refractivity contribution >= 4 is 17.4 Å². The third kappa shape index (κ3) is 4.32. The first kappa shape index (κ1) is 22.9. The number of benzene rings is 3. The zero-order chi connectivity index (χ0) is 24.2. The monoisotopic (exact) mass is 459 g/mol. The van der Waals surface area contributed by atoms with Crippen LogP contribution in [0.25, 0.3) is 5.57 Å². The van der Waals surface area contributed by atoms with Crippen LogP contribution in [0.15, 0.2) is 78.6 Å². The molecule has 0 aliphatic carbocycles. The van der Waals surface area contributed by atoms with E-state index in [0.29, 0.717) is 28.2 Å². The summed E-state index contributed by atoms with van der Waals surface area (Å²) >= 11 is 0. The van der Waals surface area contributed by atoms with Crippen LogP contribution in [0.4, 0.5) is 0 Å². The number of hydrogen-bond acceptors (Lipinski definition) is 6. The first-order chi connectivity index (χ1) is 16.5. The minimum Gasteiger partial charge on any atom is -0.503 e. The highest BCUT2D eigenvalue weighted by molar-refractivity contribution is 6.05. The van der Waals surface area contributed by atoms with Gasteiger partial charge in [-0.1, -0.05) is 36.4 Å². The van der Waals surface area contributed by atoms with Crippen LogP contribution in [0, 0.1) is 0 Å². The quantitative estimate of drug-likeness (QED) is 0.522. The lowest BCUT2D eigenvalue weighted by atomic mass is 9.92. The average Bonchev–Trinajstić information content (AvgIpc) is 3.13. The number of carbonyl (C=O) groups excluding carboxylic acids is 2. The van der Waals surface area contributed by atoms with Gasteiger partial charge in [-0.2, -0.15) is 0 Å². The molecule has 7 heteroatoms. The summed E-state index contributed by atoms with van der Waals surface area (Å²) in [5.41, 5.74) is 3.23. The first-order valence-electron chi connectivity index (χ1n) is 10.7. The number of methoxy groups -OCH3 is 3. The molecule has 0 spiro atoms. The van der Waals surface area contributed by atoms with Gasteiger partial charge in [0.25, 0.3) is 5.91 Å². The van der Waals surface area contributed by atoms with Gasteiger partial charge in [0.1, 0.15) is 11.5 Å². The van der Waals surface area contributed by atoms with Crippen molar-refractivity contribution in [3.63, 3.8) is 0 Å². The van der Waals surface area contributed by atoms with E-state index in [1.807, 2.05) is 36.4 Å². The van der Waals surface area contributed by atoms with Crippen LogP contribution in [0.1, 0.15) is 33.1 Å². The summed E-state index contributed by atoms with van der Waals surface area (Å²) < 4.78 is 15.3. The number of nitrogens with zero attached hydrogens (tertiary/aromatic N) is 1. The Morgan fingerprint density at radius 3 is 1.94 bits per heavy atom. The van der Waals surface area contributed by atoms with Gasteiger partial charge in [-0.05, 0) is 53.1 Å². The van der Waals surface area contributed by atoms with Crippen molar-refractivity contribution in [1.82, 2.24) is 4.90 Å². The standard InChI is InChI=1S/C27H25NO6/c1-32-21-12-4-17(5-13-21)16-28-24(19-6-8-20(9-7-19)27(31)34-3)23(25(29)26(28)30)18-10-14-22(33-2)15-11-18/h4-15,24,29H,16H2,1-3H3/t24-/m0/s1. The van der Waals surface area contributed by atoms with Gasteiger partial charge in [-0.25, -0.2) is 4.79 Å². The van der Waals surface area contributed by atoms with E-state index in [-0.39, 0.29) is 12.3 Å². The van der Waals surface area contributed by atoms with E-state index in [2.05, 4.69) is 0 Å². The fourth-order valence-corrected chi connectivity index (χ4v) is 4.08. The van der Waals surface area contributed by atoms with Crippen molar-refractivity contribution in [2.75, 3.05) is 21.3 Å². The maximum absolute atomic E-state index is 13.2. The van der Waals surface area contributed by atoms with Crippen LogP contribution < -0.4 is 9.47 Å². The molecule has 1 aliphatic heterocycles. The third-order valence-electron chi connectivity index (χ3n) is 5.86. The zero-order valence-electron chi connectivity index (χ0n) is 19.1. The summed E-state index contributed by atoms with van der Waals surface area (Å²) in [4.78, 5) is 26.8. The van der Waals surface area contributed by atoms with E-state index < -0.39 is 17.9 Å². The van der Waals surface area contributed by atoms with Crippen LogP contribution in [-0.4, -0.2) is 43.2 Å². The smallest absolute Gasteiger partial charge is 0.337 e. The number of amides is 1. The molecule has 7 nitrogen and oxygen atoms in total. The molecule has 0 aromatic heterocycles. The van der Waals surface area contributed by atoms with Gasteiger partial charge < -0.3 is 24.2 Å². The molecule has 34 heavy (non-hydrogen) atoms. The summed E-state index contributed by atoms with van der Waals surface area (Å²) in [6, 6.07) is 20.9. The van der Waals surface area contributed by atoms with Crippen molar-refractivity contribution in [3.8, 4) is 11.5 Å². The number of aliphatic hydroxyl groups is 1. The Hall–Kier alpha value is -4.26. The van der Waals surface area contributed by atoms with Crippen molar-refractivity contribution in [2.45, 2.75) is 12.6 Å². The largest absolute Gasteiger partial charge is 0.503 e. The molecule has 1 N–H and O–H groups in total. The Balaban J connectivity index is 1.76. The number of hydrogen-bond donors (Lipinski definition) is 1. The minimum atomic E-state index is -0.560. The lowest BCUT2D eigenvalue weighted by molar-refractivity contribution is -0.130. The van der Waals surface area contributed by atoms with Crippen LogP contribution in [0.3, 0.4) is 0 Å². The first-order valence-corrected chi connectivity index (χ1v) is 10.7.